The zero-order valence-electron chi connectivity index (χ0n) is 14.2. The minimum atomic E-state index is 0.128. The van der Waals surface area contributed by atoms with Crippen LogP contribution in [0.25, 0.3) is 27.8 Å². The maximum absolute atomic E-state index is 9.71. The number of aryl methyl sites for hydroxylation is 1. The van der Waals surface area contributed by atoms with E-state index in [1.165, 1.54) is 0 Å². The molecule has 0 fully saturated rings. The summed E-state index contributed by atoms with van der Waals surface area (Å²) in [5.74, 6) is 0.128. The van der Waals surface area contributed by atoms with E-state index in [1.54, 1.807) is 22.9 Å². The fourth-order valence-corrected chi connectivity index (χ4v) is 3.66. The molecule has 0 saturated heterocycles. The molecule has 2 aromatic carbocycles. The van der Waals surface area contributed by atoms with Crippen molar-refractivity contribution in [3.63, 3.8) is 0 Å². The predicted octanol–water partition coefficient (Wildman–Crippen LogP) is 5.16. The van der Waals surface area contributed by atoms with Gasteiger partial charge in [0.05, 0.1) is 16.8 Å². The highest BCUT2D eigenvalue weighted by Crippen LogP contribution is 2.40. The first-order chi connectivity index (χ1) is 13.0. The largest absolute Gasteiger partial charge is 0.383 e. The van der Waals surface area contributed by atoms with Crippen LogP contribution in [0.3, 0.4) is 0 Å². The second-order valence-corrected chi connectivity index (χ2v) is 6.86. The van der Waals surface area contributed by atoms with Gasteiger partial charge in [-0.3, -0.25) is 0 Å². The number of pyridine rings is 1. The second-order valence-electron chi connectivity index (χ2n) is 6.01. The Morgan fingerprint density at radius 3 is 2.52 bits per heavy atom. The first-order valence-electron chi connectivity index (χ1n) is 8.11. The summed E-state index contributed by atoms with van der Waals surface area (Å²) < 4.78 is 1.72. The number of nitrogens with two attached hydrogens (primary N) is 1. The van der Waals surface area contributed by atoms with E-state index in [0.717, 1.165) is 16.8 Å². The van der Waals surface area contributed by atoms with Gasteiger partial charge in [0.1, 0.15) is 17.5 Å². The van der Waals surface area contributed by atoms with Crippen molar-refractivity contribution in [2.24, 2.45) is 0 Å². The Kier molecular flexibility index (Phi) is 4.23. The van der Waals surface area contributed by atoms with E-state index < -0.39 is 0 Å². The van der Waals surface area contributed by atoms with Gasteiger partial charge in [-0.05, 0) is 31.2 Å². The molecule has 2 N–H and O–H groups in total. The Morgan fingerprint density at radius 1 is 1.11 bits per heavy atom. The number of hydrogen-bond acceptors (Lipinski definition) is 4. The average molecular weight is 394 g/mol. The number of fused-ring (bicyclic) bond motifs is 1. The van der Waals surface area contributed by atoms with Crippen molar-refractivity contribution in [1.82, 2.24) is 14.8 Å². The van der Waals surface area contributed by atoms with E-state index in [4.69, 9.17) is 28.9 Å². The minimum Gasteiger partial charge on any atom is -0.383 e. The highest BCUT2D eigenvalue weighted by molar-refractivity contribution is 6.36. The molecule has 2 heterocycles. The van der Waals surface area contributed by atoms with Gasteiger partial charge < -0.3 is 5.73 Å². The zero-order valence-corrected chi connectivity index (χ0v) is 15.8. The van der Waals surface area contributed by atoms with Crippen molar-refractivity contribution in [3.05, 3.63) is 69.8 Å². The maximum atomic E-state index is 9.71. The normalized spacial score (nSPS) is 10.9. The summed E-state index contributed by atoms with van der Waals surface area (Å²) in [6, 6.07) is 16.9. The molecule has 132 valence electrons. The van der Waals surface area contributed by atoms with E-state index in [9.17, 15) is 5.26 Å². The molecule has 7 heteroatoms. The predicted molar refractivity (Wildman–Crippen MR) is 108 cm³/mol. The van der Waals surface area contributed by atoms with Crippen molar-refractivity contribution in [1.29, 1.82) is 5.26 Å². The molecule has 0 bridgehead atoms. The molecule has 4 rings (SSSR count). The maximum Gasteiger partial charge on any atom is 0.166 e. The van der Waals surface area contributed by atoms with Crippen LogP contribution < -0.4 is 5.73 Å². The van der Waals surface area contributed by atoms with Crippen molar-refractivity contribution < 1.29 is 0 Å². The molecule has 0 radical (unpaired) electrons. The zero-order chi connectivity index (χ0) is 19.1. The van der Waals surface area contributed by atoms with Crippen LogP contribution in [0.4, 0.5) is 5.82 Å². The van der Waals surface area contributed by atoms with Gasteiger partial charge in [0.25, 0.3) is 0 Å². The Balaban J connectivity index is 2.15. The summed E-state index contributed by atoms with van der Waals surface area (Å²) in [4.78, 5) is 4.46. The lowest BCUT2D eigenvalue weighted by Gasteiger charge is -2.11. The van der Waals surface area contributed by atoms with Crippen LogP contribution in [-0.2, 0) is 0 Å². The van der Waals surface area contributed by atoms with E-state index in [-0.39, 0.29) is 11.4 Å². The van der Waals surface area contributed by atoms with Gasteiger partial charge in [0, 0.05) is 21.2 Å². The van der Waals surface area contributed by atoms with Crippen molar-refractivity contribution in [2.75, 3.05) is 5.73 Å². The molecular formula is C20H13Cl2N5. The van der Waals surface area contributed by atoms with Gasteiger partial charge in [0.15, 0.2) is 5.65 Å². The third-order valence-electron chi connectivity index (χ3n) is 4.33. The molecule has 4 aromatic rings. The molecule has 0 saturated carbocycles. The molecule has 27 heavy (non-hydrogen) atoms. The van der Waals surface area contributed by atoms with E-state index in [2.05, 4.69) is 16.2 Å². The third kappa shape index (κ3) is 2.80. The van der Waals surface area contributed by atoms with E-state index in [1.807, 2.05) is 37.3 Å². The van der Waals surface area contributed by atoms with Crippen LogP contribution in [0.1, 0.15) is 11.3 Å². The molecular weight excluding hydrogens is 381 g/mol. The van der Waals surface area contributed by atoms with Crippen LogP contribution in [0, 0.1) is 18.3 Å². The van der Waals surface area contributed by atoms with E-state index >= 15 is 0 Å². The summed E-state index contributed by atoms with van der Waals surface area (Å²) in [6.07, 6.45) is 0. The van der Waals surface area contributed by atoms with Gasteiger partial charge in [-0.25, -0.2) is 9.67 Å². The SMILES string of the molecule is Cc1nn(-c2ccccc2)c2nc(N)c(C#N)c(-c3ccc(Cl)cc3Cl)c12. The van der Waals surface area contributed by atoms with Gasteiger partial charge in [-0.15, -0.1) is 0 Å². The van der Waals surface area contributed by atoms with Gasteiger partial charge in [-0.1, -0.05) is 47.5 Å². The number of aromatic nitrogens is 3. The number of anilines is 1. The molecule has 0 aliphatic carbocycles. The Labute approximate surface area is 165 Å². The fraction of sp³-hybridized carbons (Fsp3) is 0.0500. The molecule has 0 amide bonds. The van der Waals surface area contributed by atoms with Gasteiger partial charge >= 0.3 is 0 Å². The summed E-state index contributed by atoms with van der Waals surface area (Å²) in [7, 11) is 0. The number of rotatable bonds is 2. The summed E-state index contributed by atoms with van der Waals surface area (Å²) in [6.45, 7) is 1.87. The quantitative estimate of drug-likeness (QED) is 0.510. The number of hydrogen-bond donors (Lipinski definition) is 1. The molecule has 5 nitrogen and oxygen atoms in total. The molecule has 0 spiro atoms. The number of nitrogen functional groups attached to an aromatic ring is 1. The Morgan fingerprint density at radius 2 is 1.85 bits per heavy atom. The third-order valence-corrected chi connectivity index (χ3v) is 4.88. The number of nitriles is 1. The fourth-order valence-electron chi connectivity index (χ4n) is 3.16. The number of nitrogens with zero attached hydrogens (tertiary/aromatic N) is 4. The van der Waals surface area contributed by atoms with Crippen LogP contribution in [-0.4, -0.2) is 14.8 Å². The summed E-state index contributed by atoms with van der Waals surface area (Å²) >= 11 is 12.5. The number of para-hydroxylation sites is 1. The highest BCUT2D eigenvalue weighted by atomic mass is 35.5. The second kappa shape index (κ2) is 6.58. The number of halogens is 2. The topological polar surface area (TPSA) is 80.5 Å². The molecule has 0 aliphatic rings. The lowest BCUT2D eigenvalue weighted by Crippen LogP contribution is -2.02. The van der Waals surface area contributed by atoms with Crippen LogP contribution in [0.15, 0.2) is 48.5 Å². The lowest BCUT2D eigenvalue weighted by atomic mass is 9.97. The summed E-state index contributed by atoms with van der Waals surface area (Å²) in [5.41, 5.74) is 9.80. The first kappa shape index (κ1) is 17.3. The van der Waals surface area contributed by atoms with Crippen molar-refractivity contribution in [2.45, 2.75) is 6.92 Å². The van der Waals surface area contributed by atoms with Crippen LogP contribution in [0.5, 0.6) is 0 Å². The van der Waals surface area contributed by atoms with Gasteiger partial charge in [-0.2, -0.15) is 10.4 Å². The van der Waals surface area contributed by atoms with Gasteiger partial charge in [0.2, 0.25) is 0 Å². The smallest absolute Gasteiger partial charge is 0.166 e. The molecule has 0 unspecified atom stereocenters. The molecule has 2 aromatic heterocycles. The van der Waals surface area contributed by atoms with Crippen LogP contribution in [0.2, 0.25) is 10.0 Å². The highest BCUT2D eigenvalue weighted by Gasteiger charge is 2.23. The minimum absolute atomic E-state index is 0.128. The standard InChI is InChI=1S/C20H13Cl2N5/c1-11-17-18(14-8-7-12(21)9-16(14)22)15(10-23)19(24)25-20(17)27(26-11)13-5-3-2-4-6-13/h2-9H,1H3,(H2,24,25). The Bertz CT molecular complexity index is 1220. The molecule has 0 atom stereocenters. The molecule has 0 aliphatic heterocycles. The number of benzene rings is 2. The average Bonchev–Trinajstić information content (AvgIpc) is 2.98. The van der Waals surface area contributed by atoms with Crippen LogP contribution >= 0.6 is 23.2 Å². The lowest BCUT2D eigenvalue weighted by molar-refractivity contribution is 0.878. The van der Waals surface area contributed by atoms with Crippen molar-refractivity contribution >= 4 is 40.1 Å². The van der Waals surface area contributed by atoms with E-state index in [0.29, 0.717) is 26.8 Å². The first-order valence-corrected chi connectivity index (χ1v) is 8.86. The van der Waals surface area contributed by atoms with Crippen molar-refractivity contribution in [3.8, 4) is 22.9 Å². The monoisotopic (exact) mass is 393 g/mol. The Hall–Kier alpha value is -3.07. The summed E-state index contributed by atoms with van der Waals surface area (Å²) in [5, 5.41) is 16.0.